The molecule has 0 aliphatic carbocycles. The molecular weight excluding hydrogens is 286 g/mol. The monoisotopic (exact) mass is 299 g/mol. The van der Waals surface area contributed by atoms with Crippen LogP contribution >= 0.6 is 11.8 Å². The molecule has 1 saturated heterocycles. The van der Waals surface area contributed by atoms with E-state index in [-0.39, 0.29) is 22.5 Å². The van der Waals surface area contributed by atoms with Gasteiger partial charge >= 0.3 is 0 Å². The molecule has 5 nitrogen and oxygen atoms in total. The highest BCUT2D eigenvalue weighted by Gasteiger charge is 2.31. The van der Waals surface area contributed by atoms with Crippen molar-refractivity contribution in [1.82, 2.24) is 0 Å². The van der Waals surface area contributed by atoms with E-state index in [2.05, 4.69) is 0 Å². The molecule has 0 saturated carbocycles. The van der Waals surface area contributed by atoms with Gasteiger partial charge in [0.25, 0.3) is 0 Å². The number of carbonyl (C=O) groups excluding carboxylic acids is 2. The Morgan fingerprint density at radius 3 is 2.71 bits per heavy atom. The first-order valence-electron chi connectivity index (χ1n) is 6.43. The maximum absolute atomic E-state index is 12.1. The van der Waals surface area contributed by atoms with Crippen LogP contribution in [0.4, 0.5) is 5.69 Å². The van der Waals surface area contributed by atoms with Crippen molar-refractivity contribution in [1.29, 1.82) is 10.5 Å². The number of thioether (sulfide) groups is 1. The summed E-state index contributed by atoms with van der Waals surface area (Å²) in [4.78, 5) is 24.7. The van der Waals surface area contributed by atoms with E-state index in [9.17, 15) is 9.59 Å². The molecule has 1 aromatic carbocycles. The topological polar surface area (TPSA) is 85.0 Å². The molecule has 1 unspecified atom stereocenters. The fraction of sp³-hybridized carbons (Fsp3) is 0.333. The molecule has 0 N–H and O–H groups in total. The number of carbonyl (C=O) groups is 2. The Balaban J connectivity index is 2.16. The molecule has 106 valence electrons. The number of amides is 1. The van der Waals surface area contributed by atoms with Gasteiger partial charge in [0, 0.05) is 31.3 Å². The first-order valence-corrected chi connectivity index (χ1v) is 7.41. The van der Waals surface area contributed by atoms with E-state index in [1.165, 1.54) is 18.7 Å². The number of rotatable bonds is 3. The minimum absolute atomic E-state index is 0.0160. The van der Waals surface area contributed by atoms with Crippen molar-refractivity contribution in [3.63, 3.8) is 0 Å². The van der Waals surface area contributed by atoms with Crippen molar-refractivity contribution >= 4 is 28.5 Å². The summed E-state index contributed by atoms with van der Waals surface area (Å²) in [7, 11) is 0. The van der Waals surface area contributed by atoms with Gasteiger partial charge in [-0.2, -0.15) is 10.5 Å². The summed E-state index contributed by atoms with van der Waals surface area (Å²) >= 11 is 1.23. The fourth-order valence-electron chi connectivity index (χ4n) is 2.27. The third-order valence-electron chi connectivity index (χ3n) is 3.28. The standard InChI is InChI=1S/C15H13N3O2S/c1-10(19)21-9-11-4-15(20)18(8-11)14-3-2-12(6-16)13(5-14)7-17/h2-3,5,11H,4,8-9H2,1H3. The molecule has 1 aliphatic heterocycles. The maximum Gasteiger partial charge on any atom is 0.227 e. The van der Waals surface area contributed by atoms with Crippen LogP contribution < -0.4 is 4.90 Å². The summed E-state index contributed by atoms with van der Waals surface area (Å²) < 4.78 is 0. The van der Waals surface area contributed by atoms with Crippen LogP contribution in [0.3, 0.4) is 0 Å². The molecule has 1 fully saturated rings. The van der Waals surface area contributed by atoms with Crippen LogP contribution in [-0.2, 0) is 9.59 Å². The lowest BCUT2D eigenvalue weighted by molar-refractivity contribution is -0.117. The Labute approximate surface area is 127 Å². The predicted octanol–water partition coefficient (Wildman–Crippen LogP) is 2.06. The van der Waals surface area contributed by atoms with Crippen molar-refractivity contribution in [3.8, 4) is 12.1 Å². The second-order valence-electron chi connectivity index (χ2n) is 4.83. The van der Waals surface area contributed by atoms with E-state index in [0.29, 0.717) is 30.0 Å². The third kappa shape index (κ3) is 3.42. The van der Waals surface area contributed by atoms with Gasteiger partial charge in [-0.15, -0.1) is 0 Å². The zero-order chi connectivity index (χ0) is 15.4. The summed E-state index contributed by atoms with van der Waals surface area (Å²) in [6.07, 6.45) is 0.405. The highest BCUT2D eigenvalue weighted by Crippen LogP contribution is 2.28. The largest absolute Gasteiger partial charge is 0.312 e. The minimum atomic E-state index is -0.0160. The van der Waals surface area contributed by atoms with Crippen LogP contribution in [-0.4, -0.2) is 23.3 Å². The average Bonchev–Trinajstić information content (AvgIpc) is 2.85. The molecule has 2 rings (SSSR count). The lowest BCUT2D eigenvalue weighted by Crippen LogP contribution is -2.24. The second kappa shape index (κ2) is 6.43. The molecule has 0 spiro atoms. The van der Waals surface area contributed by atoms with E-state index in [1.807, 2.05) is 12.1 Å². The van der Waals surface area contributed by atoms with E-state index in [1.54, 1.807) is 23.1 Å². The van der Waals surface area contributed by atoms with Gasteiger partial charge in [0.15, 0.2) is 5.12 Å². The summed E-state index contributed by atoms with van der Waals surface area (Å²) in [5, 5.41) is 18.0. The SMILES string of the molecule is CC(=O)SCC1CC(=O)N(c2ccc(C#N)c(C#N)c2)C1. The first kappa shape index (κ1) is 15.1. The zero-order valence-corrected chi connectivity index (χ0v) is 12.3. The summed E-state index contributed by atoms with van der Waals surface area (Å²) in [5.41, 5.74) is 1.20. The maximum atomic E-state index is 12.1. The highest BCUT2D eigenvalue weighted by atomic mass is 32.2. The van der Waals surface area contributed by atoms with E-state index in [4.69, 9.17) is 10.5 Å². The van der Waals surface area contributed by atoms with Crippen LogP contribution in [0, 0.1) is 28.6 Å². The summed E-state index contributed by atoms with van der Waals surface area (Å²) in [5.74, 6) is 0.740. The average molecular weight is 299 g/mol. The first-order chi connectivity index (χ1) is 10.0. The molecular formula is C15H13N3O2S. The van der Waals surface area contributed by atoms with Gasteiger partial charge < -0.3 is 4.90 Å². The van der Waals surface area contributed by atoms with Crippen LogP contribution in [0.25, 0.3) is 0 Å². The lowest BCUT2D eigenvalue weighted by atomic mass is 10.1. The van der Waals surface area contributed by atoms with E-state index in [0.717, 1.165) is 0 Å². The van der Waals surface area contributed by atoms with Crippen molar-refractivity contribution in [2.24, 2.45) is 5.92 Å². The van der Waals surface area contributed by atoms with Crippen LogP contribution in [0.5, 0.6) is 0 Å². The molecule has 1 aromatic rings. The van der Waals surface area contributed by atoms with Crippen molar-refractivity contribution in [2.75, 3.05) is 17.2 Å². The molecule has 21 heavy (non-hydrogen) atoms. The molecule has 0 aromatic heterocycles. The minimum Gasteiger partial charge on any atom is -0.312 e. The van der Waals surface area contributed by atoms with Crippen LogP contribution in [0.2, 0.25) is 0 Å². The summed E-state index contributed by atoms with van der Waals surface area (Å²) in [6.45, 7) is 2.05. The van der Waals surface area contributed by atoms with Crippen molar-refractivity contribution in [3.05, 3.63) is 29.3 Å². The Hall–Kier alpha value is -2.31. The van der Waals surface area contributed by atoms with Crippen LogP contribution in [0.1, 0.15) is 24.5 Å². The number of nitrogens with zero attached hydrogens (tertiary/aromatic N) is 3. The number of hydrogen-bond acceptors (Lipinski definition) is 5. The van der Waals surface area contributed by atoms with Crippen molar-refractivity contribution < 1.29 is 9.59 Å². The van der Waals surface area contributed by atoms with Crippen molar-refractivity contribution in [2.45, 2.75) is 13.3 Å². The number of anilines is 1. The smallest absolute Gasteiger partial charge is 0.227 e. The number of nitriles is 2. The van der Waals surface area contributed by atoms with E-state index < -0.39 is 0 Å². The van der Waals surface area contributed by atoms with Gasteiger partial charge in [0.2, 0.25) is 5.91 Å². The molecule has 1 amide bonds. The Morgan fingerprint density at radius 2 is 2.10 bits per heavy atom. The van der Waals surface area contributed by atoms with Gasteiger partial charge in [-0.25, -0.2) is 0 Å². The highest BCUT2D eigenvalue weighted by molar-refractivity contribution is 8.13. The molecule has 6 heteroatoms. The predicted molar refractivity (Wildman–Crippen MR) is 79.5 cm³/mol. The molecule has 0 radical (unpaired) electrons. The van der Waals surface area contributed by atoms with Gasteiger partial charge in [-0.1, -0.05) is 11.8 Å². The molecule has 0 bridgehead atoms. The lowest BCUT2D eigenvalue weighted by Gasteiger charge is -2.17. The van der Waals surface area contributed by atoms with Gasteiger partial charge in [0.1, 0.15) is 12.1 Å². The van der Waals surface area contributed by atoms with Gasteiger partial charge in [-0.3, -0.25) is 9.59 Å². The van der Waals surface area contributed by atoms with E-state index >= 15 is 0 Å². The number of benzene rings is 1. The molecule has 1 heterocycles. The molecule has 1 atom stereocenters. The zero-order valence-electron chi connectivity index (χ0n) is 11.5. The quantitative estimate of drug-likeness (QED) is 0.853. The Kier molecular flexibility index (Phi) is 4.62. The number of hydrogen-bond donors (Lipinski definition) is 0. The Morgan fingerprint density at radius 1 is 1.38 bits per heavy atom. The molecule has 1 aliphatic rings. The summed E-state index contributed by atoms with van der Waals surface area (Å²) in [6, 6.07) is 8.72. The Bertz CT molecular complexity index is 672. The van der Waals surface area contributed by atoms with Gasteiger partial charge in [-0.05, 0) is 24.1 Å². The van der Waals surface area contributed by atoms with Crippen LogP contribution in [0.15, 0.2) is 18.2 Å². The third-order valence-corrected chi connectivity index (χ3v) is 4.33. The fourth-order valence-corrected chi connectivity index (χ4v) is 2.96. The normalized spacial score (nSPS) is 17.4. The second-order valence-corrected chi connectivity index (χ2v) is 6.03. The van der Waals surface area contributed by atoms with Gasteiger partial charge in [0.05, 0.1) is 11.1 Å².